The van der Waals surface area contributed by atoms with E-state index >= 15 is 0 Å². The van der Waals surface area contributed by atoms with Crippen LogP contribution in [0.4, 0.5) is 10.5 Å². The minimum absolute atomic E-state index is 0.0146. The summed E-state index contributed by atoms with van der Waals surface area (Å²) in [5.41, 5.74) is 9.04. The van der Waals surface area contributed by atoms with Gasteiger partial charge in [0, 0.05) is 25.7 Å². The summed E-state index contributed by atoms with van der Waals surface area (Å²) in [4.78, 5) is 37.2. The Hall–Kier alpha value is -3.39. The molecule has 0 unspecified atom stereocenters. The van der Waals surface area contributed by atoms with Gasteiger partial charge in [0.1, 0.15) is 12.6 Å². The predicted molar refractivity (Wildman–Crippen MR) is 108 cm³/mol. The third-order valence-corrected chi connectivity index (χ3v) is 4.63. The van der Waals surface area contributed by atoms with Gasteiger partial charge in [-0.3, -0.25) is 14.5 Å². The average Bonchev–Trinajstić information content (AvgIpc) is 3.08. The Labute approximate surface area is 169 Å². The molecule has 1 heterocycles. The monoisotopic (exact) mass is 396 g/mol. The molecule has 152 valence electrons. The summed E-state index contributed by atoms with van der Waals surface area (Å²) in [5, 5.41) is 5.54. The molecule has 3 rings (SSSR count). The molecule has 4 N–H and O–H groups in total. The highest BCUT2D eigenvalue weighted by Gasteiger charge is 2.37. The van der Waals surface area contributed by atoms with Crippen molar-refractivity contribution in [1.82, 2.24) is 10.2 Å². The number of carbonyl (C=O) groups is 3. The molecule has 0 bridgehead atoms. The van der Waals surface area contributed by atoms with E-state index in [0.717, 1.165) is 16.7 Å². The van der Waals surface area contributed by atoms with Crippen LogP contribution < -0.4 is 16.4 Å². The summed E-state index contributed by atoms with van der Waals surface area (Å²) in [6, 6.07) is 14.1. The number of benzene rings is 2. The van der Waals surface area contributed by atoms with Crippen molar-refractivity contribution >= 4 is 23.6 Å². The van der Waals surface area contributed by atoms with Crippen molar-refractivity contribution in [3.05, 3.63) is 65.2 Å². The maximum Gasteiger partial charge on any atom is 0.410 e. The van der Waals surface area contributed by atoms with Crippen molar-refractivity contribution in [2.75, 3.05) is 11.9 Å². The van der Waals surface area contributed by atoms with Gasteiger partial charge in [-0.2, -0.15) is 0 Å². The van der Waals surface area contributed by atoms with Crippen LogP contribution in [-0.2, 0) is 34.0 Å². The third kappa shape index (κ3) is 5.32. The first-order valence-corrected chi connectivity index (χ1v) is 9.32. The predicted octanol–water partition coefficient (Wildman–Crippen LogP) is 1.74. The second-order valence-electron chi connectivity index (χ2n) is 6.84. The Morgan fingerprint density at radius 3 is 2.31 bits per heavy atom. The first kappa shape index (κ1) is 20.3. The molecular formula is C21H24N4O4. The van der Waals surface area contributed by atoms with Crippen LogP contribution >= 0.6 is 0 Å². The number of carbonyl (C=O) groups excluding carboxylic acids is 3. The second kappa shape index (κ2) is 9.20. The lowest BCUT2D eigenvalue weighted by atomic mass is 10.1. The molecule has 3 amide bonds. The number of amides is 3. The van der Waals surface area contributed by atoms with Gasteiger partial charge in [0.15, 0.2) is 0 Å². The van der Waals surface area contributed by atoms with Crippen LogP contribution in [0.1, 0.15) is 23.6 Å². The number of rotatable bonds is 7. The lowest BCUT2D eigenvalue weighted by molar-refractivity contribution is -0.125. The normalized spacial score (nSPS) is 15.7. The van der Waals surface area contributed by atoms with Crippen LogP contribution in [0.15, 0.2) is 48.5 Å². The van der Waals surface area contributed by atoms with E-state index in [1.54, 1.807) is 24.3 Å². The van der Waals surface area contributed by atoms with Crippen molar-refractivity contribution in [3.8, 4) is 0 Å². The lowest BCUT2D eigenvalue weighted by Crippen LogP contribution is -2.45. The SMILES string of the molecule is CC(=O)Nc1ccc(CN2C(=O)OC[C@H]2C(=O)NCc2ccc(CN)cc2)cc1. The van der Waals surface area contributed by atoms with Gasteiger partial charge >= 0.3 is 6.09 Å². The molecule has 1 aliphatic heterocycles. The molecule has 2 aromatic rings. The first-order chi connectivity index (χ1) is 14.0. The van der Waals surface area contributed by atoms with E-state index in [0.29, 0.717) is 18.8 Å². The number of ether oxygens (including phenoxy) is 1. The molecule has 8 nitrogen and oxygen atoms in total. The van der Waals surface area contributed by atoms with E-state index in [4.69, 9.17) is 10.5 Å². The Kier molecular flexibility index (Phi) is 6.46. The molecule has 0 radical (unpaired) electrons. The molecule has 2 aromatic carbocycles. The molecule has 1 saturated heterocycles. The molecule has 0 saturated carbocycles. The van der Waals surface area contributed by atoms with Gasteiger partial charge in [0.25, 0.3) is 0 Å². The number of cyclic esters (lactones) is 1. The smallest absolute Gasteiger partial charge is 0.410 e. The van der Waals surface area contributed by atoms with Gasteiger partial charge in [-0.05, 0) is 28.8 Å². The van der Waals surface area contributed by atoms with E-state index in [-0.39, 0.29) is 25.0 Å². The van der Waals surface area contributed by atoms with E-state index in [9.17, 15) is 14.4 Å². The summed E-state index contributed by atoms with van der Waals surface area (Å²) < 4.78 is 5.09. The van der Waals surface area contributed by atoms with Crippen LogP contribution in [-0.4, -0.2) is 35.5 Å². The Morgan fingerprint density at radius 1 is 1.07 bits per heavy atom. The number of hydrogen-bond acceptors (Lipinski definition) is 5. The van der Waals surface area contributed by atoms with E-state index in [1.165, 1.54) is 11.8 Å². The Balaban J connectivity index is 1.60. The fourth-order valence-electron chi connectivity index (χ4n) is 3.04. The summed E-state index contributed by atoms with van der Waals surface area (Å²) in [6.07, 6.45) is -0.525. The van der Waals surface area contributed by atoms with Crippen molar-refractivity contribution in [2.45, 2.75) is 32.6 Å². The zero-order chi connectivity index (χ0) is 20.8. The molecule has 29 heavy (non-hydrogen) atoms. The summed E-state index contributed by atoms with van der Waals surface area (Å²) in [6.45, 7) is 2.51. The summed E-state index contributed by atoms with van der Waals surface area (Å²) >= 11 is 0. The lowest BCUT2D eigenvalue weighted by Gasteiger charge is -2.21. The van der Waals surface area contributed by atoms with Gasteiger partial charge in [-0.1, -0.05) is 36.4 Å². The number of nitrogens with two attached hydrogens (primary N) is 1. The third-order valence-electron chi connectivity index (χ3n) is 4.63. The molecule has 0 aliphatic carbocycles. The quantitative estimate of drug-likeness (QED) is 0.660. The average molecular weight is 396 g/mol. The topological polar surface area (TPSA) is 114 Å². The Bertz CT molecular complexity index is 881. The number of hydrogen-bond donors (Lipinski definition) is 3. The molecule has 8 heteroatoms. The van der Waals surface area contributed by atoms with Gasteiger partial charge in [-0.25, -0.2) is 4.79 Å². The molecule has 0 aromatic heterocycles. The fraction of sp³-hybridized carbons (Fsp3) is 0.286. The van der Waals surface area contributed by atoms with Crippen molar-refractivity contribution < 1.29 is 19.1 Å². The van der Waals surface area contributed by atoms with Gasteiger partial charge in [0.05, 0.1) is 6.54 Å². The molecule has 1 atom stereocenters. The molecular weight excluding hydrogens is 372 g/mol. The first-order valence-electron chi connectivity index (χ1n) is 9.32. The van der Waals surface area contributed by atoms with E-state index < -0.39 is 12.1 Å². The molecule has 1 fully saturated rings. The highest BCUT2D eigenvalue weighted by Crippen LogP contribution is 2.18. The minimum Gasteiger partial charge on any atom is -0.447 e. The standard InChI is InChI=1S/C21H24N4O4/c1-14(26)24-18-8-6-17(7-9-18)12-25-19(13-29-21(25)28)20(27)23-11-16-4-2-15(10-22)3-5-16/h2-9,19H,10-13,22H2,1H3,(H,23,27)(H,24,26)/t19-/m0/s1. The van der Waals surface area contributed by atoms with Crippen LogP contribution in [0.2, 0.25) is 0 Å². The maximum absolute atomic E-state index is 12.6. The van der Waals surface area contributed by atoms with Gasteiger partial charge in [0.2, 0.25) is 11.8 Å². The second-order valence-corrected chi connectivity index (χ2v) is 6.84. The van der Waals surface area contributed by atoms with E-state index in [1.807, 2.05) is 24.3 Å². The maximum atomic E-state index is 12.6. The van der Waals surface area contributed by atoms with Crippen LogP contribution in [0.3, 0.4) is 0 Å². The van der Waals surface area contributed by atoms with Gasteiger partial charge in [-0.15, -0.1) is 0 Å². The fourth-order valence-corrected chi connectivity index (χ4v) is 3.04. The molecule has 0 spiro atoms. The highest BCUT2D eigenvalue weighted by molar-refractivity contribution is 5.89. The van der Waals surface area contributed by atoms with Gasteiger partial charge < -0.3 is 21.1 Å². The number of anilines is 1. The van der Waals surface area contributed by atoms with E-state index in [2.05, 4.69) is 10.6 Å². The van der Waals surface area contributed by atoms with Crippen molar-refractivity contribution in [1.29, 1.82) is 0 Å². The highest BCUT2D eigenvalue weighted by atomic mass is 16.6. The van der Waals surface area contributed by atoms with Crippen LogP contribution in [0, 0.1) is 0 Å². The zero-order valence-electron chi connectivity index (χ0n) is 16.2. The van der Waals surface area contributed by atoms with Crippen LogP contribution in [0.25, 0.3) is 0 Å². The summed E-state index contributed by atoms with van der Waals surface area (Å²) in [7, 11) is 0. The zero-order valence-corrected chi connectivity index (χ0v) is 16.2. The van der Waals surface area contributed by atoms with Crippen molar-refractivity contribution in [2.24, 2.45) is 5.73 Å². The van der Waals surface area contributed by atoms with Crippen LogP contribution in [0.5, 0.6) is 0 Å². The largest absolute Gasteiger partial charge is 0.447 e. The number of nitrogens with one attached hydrogen (secondary N) is 2. The Morgan fingerprint density at radius 2 is 1.69 bits per heavy atom. The minimum atomic E-state index is -0.694. The summed E-state index contributed by atoms with van der Waals surface area (Å²) in [5.74, 6) is -0.427. The molecule has 1 aliphatic rings. The van der Waals surface area contributed by atoms with Crippen molar-refractivity contribution in [3.63, 3.8) is 0 Å². The number of nitrogens with zero attached hydrogens (tertiary/aromatic N) is 1.